The van der Waals surface area contributed by atoms with Crippen LogP contribution in [0.3, 0.4) is 0 Å². The summed E-state index contributed by atoms with van der Waals surface area (Å²) >= 11 is 5.87. The molecule has 132 valence electrons. The molecule has 3 N–H and O–H groups in total. The lowest BCUT2D eigenvalue weighted by Gasteiger charge is -2.15. The first-order chi connectivity index (χ1) is 11.9. The molecule has 2 aromatic rings. The first-order valence-electron chi connectivity index (χ1n) is 7.53. The van der Waals surface area contributed by atoms with E-state index in [2.05, 4.69) is 25.6 Å². The van der Waals surface area contributed by atoms with Crippen molar-refractivity contribution >= 4 is 44.6 Å². The lowest BCUT2D eigenvalue weighted by atomic mass is 10.2. The molecule has 1 fully saturated rings. The molecule has 0 unspecified atom stereocenters. The summed E-state index contributed by atoms with van der Waals surface area (Å²) in [6.07, 6.45) is 1.32. The molecule has 1 amide bonds. The molecule has 1 aromatic carbocycles. The van der Waals surface area contributed by atoms with Crippen molar-refractivity contribution in [3.05, 3.63) is 41.2 Å². The molecule has 0 radical (unpaired) electrons. The number of carbonyl (C=O) groups is 1. The Labute approximate surface area is 150 Å². The third kappa shape index (κ3) is 3.99. The fraction of sp³-hybridized carbons (Fsp3) is 0.267. The van der Waals surface area contributed by atoms with Gasteiger partial charge in [0.15, 0.2) is 10.8 Å². The van der Waals surface area contributed by atoms with E-state index < -0.39 is 15.9 Å². The van der Waals surface area contributed by atoms with Crippen LogP contribution in [0, 0.1) is 0 Å². The number of sulfonamides is 1. The van der Waals surface area contributed by atoms with Crippen molar-refractivity contribution in [3.63, 3.8) is 0 Å². The van der Waals surface area contributed by atoms with Crippen molar-refractivity contribution in [3.8, 4) is 0 Å². The van der Waals surface area contributed by atoms with Crippen LogP contribution >= 0.6 is 11.6 Å². The second-order valence-electron chi connectivity index (χ2n) is 5.53. The van der Waals surface area contributed by atoms with E-state index in [-0.39, 0.29) is 16.1 Å². The number of hydrogen-bond acceptors (Lipinski definition) is 6. The quantitative estimate of drug-likeness (QED) is 0.706. The Balaban J connectivity index is 1.94. The standard InChI is InChI=1S/C15H16ClN5O3S/c1-17-15(22)14-12(8-13(16)19-20-14)18-10-4-2-3-5-11(10)21-25(23,24)9-6-7-9/h2-5,8-9,21H,6-7H2,1H3,(H,17,22)(H,18,19). The van der Waals surface area contributed by atoms with Gasteiger partial charge in [-0.1, -0.05) is 23.7 Å². The van der Waals surface area contributed by atoms with Crippen molar-refractivity contribution < 1.29 is 13.2 Å². The topological polar surface area (TPSA) is 113 Å². The minimum Gasteiger partial charge on any atom is -0.354 e. The summed E-state index contributed by atoms with van der Waals surface area (Å²) in [5, 5.41) is 12.7. The number of halogens is 1. The van der Waals surface area contributed by atoms with Gasteiger partial charge in [0.05, 0.1) is 22.3 Å². The summed E-state index contributed by atoms with van der Waals surface area (Å²) in [7, 11) is -1.95. The molecule has 0 saturated heterocycles. The molecule has 1 aliphatic rings. The fourth-order valence-electron chi connectivity index (χ4n) is 2.19. The molecule has 10 heteroatoms. The van der Waals surface area contributed by atoms with E-state index in [9.17, 15) is 13.2 Å². The number of anilines is 3. The Morgan fingerprint density at radius 1 is 1.16 bits per heavy atom. The zero-order chi connectivity index (χ0) is 18.0. The molecule has 0 bridgehead atoms. The number of nitrogens with one attached hydrogen (secondary N) is 3. The van der Waals surface area contributed by atoms with Gasteiger partial charge in [0, 0.05) is 13.1 Å². The molecule has 8 nitrogen and oxygen atoms in total. The van der Waals surface area contributed by atoms with Crippen molar-refractivity contribution in [2.24, 2.45) is 0 Å². The van der Waals surface area contributed by atoms with Crippen LogP contribution in [0.1, 0.15) is 23.3 Å². The predicted molar refractivity (Wildman–Crippen MR) is 95.7 cm³/mol. The normalized spacial score (nSPS) is 14.0. The zero-order valence-electron chi connectivity index (χ0n) is 13.3. The number of nitrogens with zero attached hydrogens (tertiary/aromatic N) is 2. The third-order valence-electron chi connectivity index (χ3n) is 3.62. The Morgan fingerprint density at radius 2 is 1.84 bits per heavy atom. The van der Waals surface area contributed by atoms with E-state index in [1.54, 1.807) is 24.3 Å². The molecular weight excluding hydrogens is 366 g/mol. The van der Waals surface area contributed by atoms with Crippen LogP contribution in [0.2, 0.25) is 5.15 Å². The summed E-state index contributed by atoms with van der Waals surface area (Å²) in [6.45, 7) is 0. The summed E-state index contributed by atoms with van der Waals surface area (Å²) in [5.41, 5.74) is 1.22. The van der Waals surface area contributed by atoms with E-state index in [1.807, 2.05) is 0 Å². The number of benzene rings is 1. The van der Waals surface area contributed by atoms with E-state index in [4.69, 9.17) is 11.6 Å². The smallest absolute Gasteiger partial charge is 0.273 e. The lowest BCUT2D eigenvalue weighted by Crippen LogP contribution is -2.21. The Hall–Kier alpha value is -2.39. The van der Waals surface area contributed by atoms with E-state index in [0.29, 0.717) is 29.9 Å². The molecule has 3 rings (SSSR count). The number of para-hydroxylation sites is 2. The maximum atomic E-state index is 12.2. The van der Waals surface area contributed by atoms with Gasteiger partial charge in [-0.15, -0.1) is 10.2 Å². The van der Waals surface area contributed by atoms with Gasteiger partial charge >= 0.3 is 0 Å². The second-order valence-corrected chi connectivity index (χ2v) is 7.87. The first-order valence-corrected chi connectivity index (χ1v) is 9.46. The predicted octanol–water partition coefficient (Wildman–Crippen LogP) is 2.14. The van der Waals surface area contributed by atoms with Crippen molar-refractivity contribution in [1.82, 2.24) is 15.5 Å². The van der Waals surface area contributed by atoms with Crippen LogP contribution in [0.25, 0.3) is 0 Å². The van der Waals surface area contributed by atoms with Gasteiger partial charge < -0.3 is 10.6 Å². The summed E-state index contributed by atoms with van der Waals surface area (Å²) in [4.78, 5) is 11.9. The van der Waals surface area contributed by atoms with E-state index >= 15 is 0 Å². The average Bonchev–Trinajstić information content (AvgIpc) is 3.41. The van der Waals surface area contributed by atoms with Crippen LogP contribution < -0.4 is 15.4 Å². The Morgan fingerprint density at radius 3 is 2.48 bits per heavy atom. The molecule has 0 spiro atoms. The van der Waals surface area contributed by atoms with Gasteiger partial charge in [0.1, 0.15) is 0 Å². The van der Waals surface area contributed by atoms with Crippen LogP contribution in [-0.2, 0) is 10.0 Å². The highest BCUT2D eigenvalue weighted by atomic mass is 35.5. The SMILES string of the molecule is CNC(=O)c1nnc(Cl)cc1Nc1ccccc1NS(=O)(=O)C1CC1. The fourth-order valence-corrected chi connectivity index (χ4v) is 3.75. The van der Waals surface area contributed by atoms with Crippen LogP contribution in [0.5, 0.6) is 0 Å². The molecule has 0 aliphatic heterocycles. The van der Waals surface area contributed by atoms with Crippen LogP contribution in [-0.4, -0.2) is 36.8 Å². The first kappa shape index (κ1) is 17.4. The lowest BCUT2D eigenvalue weighted by molar-refractivity contribution is 0.0958. The molecular formula is C15H16ClN5O3S. The van der Waals surface area contributed by atoms with Crippen molar-refractivity contribution in [2.45, 2.75) is 18.1 Å². The third-order valence-corrected chi connectivity index (χ3v) is 5.66. The molecule has 1 aromatic heterocycles. The number of rotatable bonds is 6. The highest BCUT2D eigenvalue weighted by molar-refractivity contribution is 7.93. The zero-order valence-corrected chi connectivity index (χ0v) is 14.9. The van der Waals surface area contributed by atoms with Gasteiger partial charge in [-0.25, -0.2) is 8.42 Å². The average molecular weight is 382 g/mol. The monoisotopic (exact) mass is 381 g/mol. The summed E-state index contributed by atoms with van der Waals surface area (Å²) in [5.74, 6) is -0.442. The van der Waals surface area contributed by atoms with Gasteiger partial charge in [-0.3, -0.25) is 9.52 Å². The van der Waals surface area contributed by atoms with Crippen molar-refractivity contribution in [1.29, 1.82) is 0 Å². The Bertz CT molecular complexity index is 915. The minimum absolute atomic E-state index is 0.0479. The number of amides is 1. The highest BCUT2D eigenvalue weighted by Crippen LogP contribution is 2.33. The molecule has 1 saturated carbocycles. The van der Waals surface area contributed by atoms with Gasteiger partial charge in [-0.2, -0.15) is 0 Å². The second kappa shape index (κ2) is 6.85. The molecule has 1 aliphatic carbocycles. The van der Waals surface area contributed by atoms with E-state index in [0.717, 1.165) is 0 Å². The largest absolute Gasteiger partial charge is 0.354 e. The van der Waals surface area contributed by atoms with Gasteiger partial charge in [0.2, 0.25) is 10.0 Å². The number of hydrogen-bond donors (Lipinski definition) is 3. The Kier molecular flexibility index (Phi) is 4.78. The maximum absolute atomic E-state index is 12.2. The van der Waals surface area contributed by atoms with Crippen LogP contribution in [0.4, 0.5) is 17.1 Å². The van der Waals surface area contributed by atoms with Gasteiger partial charge in [-0.05, 0) is 25.0 Å². The minimum atomic E-state index is -3.42. The van der Waals surface area contributed by atoms with Gasteiger partial charge in [0.25, 0.3) is 5.91 Å². The summed E-state index contributed by atoms with van der Waals surface area (Å²) < 4.78 is 27.0. The van der Waals surface area contributed by atoms with Crippen molar-refractivity contribution in [2.75, 3.05) is 17.1 Å². The number of carbonyl (C=O) groups excluding carboxylic acids is 1. The van der Waals surface area contributed by atoms with Crippen LogP contribution in [0.15, 0.2) is 30.3 Å². The molecule has 25 heavy (non-hydrogen) atoms. The molecule has 1 heterocycles. The highest BCUT2D eigenvalue weighted by Gasteiger charge is 2.36. The summed E-state index contributed by atoms with van der Waals surface area (Å²) in [6, 6.07) is 8.23. The number of aromatic nitrogens is 2. The van der Waals surface area contributed by atoms with E-state index in [1.165, 1.54) is 13.1 Å². The maximum Gasteiger partial charge on any atom is 0.273 e. The molecule has 0 atom stereocenters.